The third kappa shape index (κ3) is 6.89. The van der Waals surface area contributed by atoms with Gasteiger partial charge in [-0.2, -0.15) is 0 Å². The van der Waals surface area contributed by atoms with Crippen LogP contribution in [0.25, 0.3) is 0 Å². The van der Waals surface area contributed by atoms with Crippen molar-refractivity contribution in [2.75, 3.05) is 13.2 Å². The standard InChI is InChI=1S/C23H28O4/c1-17(15-26-22(24)20-10-6-4-7-11-20)14-18(2)19(3)16-27-23(25)21-12-8-5-9-13-21/h4-13,17-19H,14-16H2,1-3H3. The van der Waals surface area contributed by atoms with Crippen LogP contribution in [0.1, 0.15) is 47.9 Å². The van der Waals surface area contributed by atoms with Crippen LogP contribution in [0.2, 0.25) is 0 Å². The van der Waals surface area contributed by atoms with E-state index in [-0.39, 0.29) is 23.8 Å². The normalized spacial score (nSPS) is 14.0. The molecule has 27 heavy (non-hydrogen) atoms. The molecule has 0 saturated carbocycles. The van der Waals surface area contributed by atoms with Crippen molar-refractivity contribution < 1.29 is 19.1 Å². The molecule has 0 bridgehead atoms. The van der Waals surface area contributed by atoms with Crippen molar-refractivity contribution in [1.29, 1.82) is 0 Å². The van der Waals surface area contributed by atoms with Crippen LogP contribution in [0.3, 0.4) is 0 Å². The van der Waals surface area contributed by atoms with Crippen LogP contribution in [0.5, 0.6) is 0 Å². The molecule has 0 aliphatic rings. The fraction of sp³-hybridized carbons (Fsp3) is 0.391. The minimum absolute atomic E-state index is 0.227. The molecule has 4 heteroatoms. The molecular formula is C23H28O4. The second kappa shape index (κ2) is 10.5. The smallest absolute Gasteiger partial charge is 0.338 e. The van der Waals surface area contributed by atoms with E-state index in [1.54, 1.807) is 24.3 Å². The molecule has 2 rings (SSSR count). The van der Waals surface area contributed by atoms with Gasteiger partial charge < -0.3 is 9.47 Å². The van der Waals surface area contributed by atoms with Crippen LogP contribution in [0.4, 0.5) is 0 Å². The zero-order valence-corrected chi connectivity index (χ0v) is 16.3. The molecule has 2 aromatic rings. The molecule has 0 fully saturated rings. The van der Waals surface area contributed by atoms with Crippen LogP contribution in [0, 0.1) is 17.8 Å². The van der Waals surface area contributed by atoms with Gasteiger partial charge >= 0.3 is 11.9 Å². The summed E-state index contributed by atoms with van der Waals surface area (Å²) in [5.41, 5.74) is 1.14. The summed E-state index contributed by atoms with van der Waals surface area (Å²) in [5, 5.41) is 0. The molecule has 2 aromatic carbocycles. The van der Waals surface area contributed by atoms with Gasteiger partial charge in [-0.25, -0.2) is 9.59 Å². The Morgan fingerprint density at radius 2 is 1.15 bits per heavy atom. The second-order valence-electron chi connectivity index (χ2n) is 7.22. The third-order valence-electron chi connectivity index (χ3n) is 4.74. The minimum Gasteiger partial charge on any atom is -0.462 e. The van der Waals surface area contributed by atoms with E-state index in [1.165, 1.54) is 0 Å². The quantitative estimate of drug-likeness (QED) is 0.585. The first-order chi connectivity index (χ1) is 13.0. The van der Waals surface area contributed by atoms with Crippen molar-refractivity contribution in [2.45, 2.75) is 27.2 Å². The van der Waals surface area contributed by atoms with Gasteiger partial charge in [-0.1, -0.05) is 57.2 Å². The monoisotopic (exact) mass is 368 g/mol. The van der Waals surface area contributed by atoms with Crippen molar-refractivity contribution >= 4 is 11.9 Å². The fourth-order valence-electron chi connectivity index (χ4n) is 2.84. The summed E-state index contributed by atoms with van der Waals surface area (Å²) >= 11 is 0. The molecule has 0 saturated heterocycles. The SMILES string of the molecule is CC(COC(=O)c1ccccc1)CC(C)C(C)COC(=O)c1ccccc1. The highest BCUT2D eigenvalue weighted by atomic mass is 16.5. The third-order valence-corrected chi connectivity index (χ3v) is 4.74. The summed E-state index contributed by atoms with van der Waals surface area (Å²) in [6.07, 6.45) is 0.895. The maximum Gasteiger partial charge on any atom is 0.338 e. The molecule has 0 heterocycles. The molecule has 0 aromatic heterocycles. The molecule has 4 nitrogen and oxygen atoms in total. The molecule has 0 N–H and O–H groups in total. The number of hydrogen-bond acceptors (Lipinski definition) is 4. The minimum atomic E-state index is -0.292. The number of rotatable bonds is 9. The molecule has 3 unspecified atom stereocenters. The number of esters is 2. The Hall–Kier alpha value is -2.62. The molecule has 144 valence electrons. The predicted octanol–water partition coefficient (Wildman–Crippen LogP) is 5.00. The average Bonchev–Trinajstić information content (AvgIpc) is 2.71. The molecular weight excluding hydrogens is 340 g/mol. The van der Waals surface area contributed by atoms with Crippen LogP contribution in [0.15, 0.2) is 60.7 Å². The van der Waals surface area contributed by atoms with E-state index >= 15 is 0 Å². The van der Waals surface area contributed by atoms with Crippen molar-refractivity contribution in [1.82, 2.24) is 0 Å². The lowest BCUT2D eigenvalue weighted by Crippen LogP contribution is -2.21. The number of hydrogen-bond donors (Lipinski definition) is 0. The Kier molecular flexibility index (Phi) is 8.05. The van der Waals surface area contributed by atoms with Crippen molar-refractivity contribution in [3.8, 4) is 0 Å². The van der Waals surface area contributed by atoms with Crippen LogP contribution >= 0.6 is 0 Å². The number of ether oxygens (including phenoxy) is 2. The van der Waals surface area contributed by atoms with Crippen LogP contribution < -0.4 is 0 Å². The number of carbonyl (C=O) groups is 2. The van der Waals surface area contributed by atoms with Gasteiger partial charge in [0.2, 0.25) is 0 Å². The summed E-state index contributed by atoms with van der Waals surface area (Å²) in [7, 11) is 0. The lowest BCUT2D eigenvalue weighted by Gasteiger charge is -2.23. The Bertz CT molecular complexity index is 712. The van der Waals surface area contributed by atoms with Crippen molar-refractivity contribution in [2.24, 2.45) is 17.8 Å². The summed E-state index contributed by atoms with van der Waals surface area (Å²) in [5.74, 6) is 0.225. The maximum absolute atomic E-state index is 12.0. The Balaban J connectivity index is 1.71. The molecule has 0 amide bonds. The summed E-state index contributed by atoms with van der Waals surface area (Å²) < 4.78 is 10.8. The van der Waals surface area contributed by atoms with Crippen molar-refractivity contribution in [3.63, 3.8) is 0 Å². The van der Waals surface area contributed by atoms with E-state index < -0.39 is 0 Å². The Morgan fingerprint density at radius 1 is 0.704 bits per heavy atom. The van der Waals surface area contributed by atoms with Crippen LogP contribution in [-0.2, 0) is 9.47 Å². The highest BCUT2D eigenvalue weighted by molar-refractivity contribution is 5.89. The van der Waals surface area contributed by atoms with Gasteiger partial charge in [0.05, 0.1) is 24.3 Å². The van der Waals surface area contributed by atoms with Gasteiger partial charge in [-0.3, -0.25) is 0 Å². The second-order valence-corrected chi connectivity index (χ2v) is 7.22. The zero-order valence-electron chi connectivity index (χ0n) is 16.3. The first-order valence-electron chi connectivity index (χ1n) is 9.41. The van der Waals surface area contributed by atoms with Gasteiger partial charge in [0.25, 0.3) is 0 Å². The predicted molar refractivity (Wildman–Crippen MR) is 106 cm³/mol. The average molecular weight is 368 g/mol. The first-order valence-corrected chi connectivity index (χ1v) is 9.41. The molecule has 3 atom stereocenters. The van der Waals surface area contributed by atoms with Crippen molar-refractivity contribution in [3.05, 3.63) is 71.8 Å². The van der Waals surface area contributed by atoms with E-state index in [0.29, 0.717) is 30.3 Å². The lowest BCUT2D eigenvalue weighted by molar-refractivity contribution is 0.0353. The lowest BCUT2D eigenvalue weighted by atomic mass is 9.88. The summed E-state index contributed by atoms with van der Waals surface area (Å²) in [4.78, 5) is 24.0. The highest BCUT2D eigenvalue weighted by Gasteiger charge is 2.19. The number of benzene rings is 2. The summed E-state index contributed by atoms with van der Waals surface area (Å²) in [6, 6.07) is 18.0. The topological polar surface area (TPSA) is 52.6 Å². The highest BCUT2D eigenvalue weighted by Crippen LogP contribution is 2.21. The van der Waals surface area contributed by atoms with Gasteiger partial charge in [-0.15, -0.1) is 0 Å². The van der Waals surface area contributed by atoms with E-state index in [1.807, 2.05) is 36.4 Å². The Morgan fingerprint density at radius 3 is 1.63 bits per heavy atom. The zero-order chi connectivity index (χ0) is 19.6. The molecule has 0 aliphatic heterocycles. The Labute approximate surface area is 161 Å². The molecule has 0 aliphatic carbocycles. The summed E-state index contributed by atoms with van der Waals surface area (Å²) in [6.45, 7) is 7.04. The van der Waals surface area contributed by atoms with Gasteiger partial charge in [0.15, 0.2) is 0 Å². The van der Waals surface area contributed by atoms with Gasteiger partial charge in [0, 0.05) is 0 Å². The fourth-order valence-corrected chi connectivity index (χ4v) is 2.84. The van der Waals surface area contributed by atoms with Gasteiger partial charge in [0.1, 0.15) is 0 Å². The van der Waals surface area contributed by atoms with E-state index in [4.69, 9.17) is 9.47 Å². The van der Waals surface area contributed by atoms with E-state index in [2.05, 4.69) is 20.8 Å². The van der Waals surface area contributed by atoms with Crippen LogP contribution in [-0.4, -0.2) is 25.2 Å². The van der Waals surface area contributed by atoms with Gasteiger partial charge in [-0.05, 0) is 48.4 Å². The molecule has 0 radical (unpaired) electrons. The largest absolute Gasteiger partial charge is 0.462 e. The molecule has 0 spiro atoms. The van der Waals surface area contributed by atoms with E-state index in [0.717, 1.165) is 6.42 Å². The first kappa shape index (κ1) is 20.7. The number of carbonyl (C=O) groups excluding carboxylic acids is 2. The maximum atomic E-state index is 12.0. The van der Waals surface area contributed by atoms with E-state index in [9.17, 15) is 9.59 Å².